The molecule has 4 rings (SSSR count). The summed E-state index contributed by atoms with van der Waals surface area (Å²) < 4.78 is 38.1. The van der Waals surface area contributed by atoms with Crippen molar-refractivity contribution in [2.45, 2.75) is 9.79 Å². The van der Waals surface area contributed by atoms with Crippen molar-refractivity contribution in [3.63, 3.8) is 0 Å². The number of hydrogen-bond acceptors (Lipinski definition) is 6. The molecule has 180 valence electrons. The molecule has 4 aromatic carbocycles. The average molecular weight is 570 g/mol. The minimum Gasteiger partial charge on any atom is -0.454 e. The Morgan fingerprint density at radius 2 is 0.914 bits per heavy atom. The molecule has 0 aliphatic carbocycles. The molecule has 0 aliphatic heterocycles. The first-order valence-corrected chi connectivity index (χ1v) is 12.8. The van der Waals surface area contributed by atoms with Gasteiger partial charge in [-0.25, -0.2) is 8.42 Å². The van der Waals surface area contributed by atoms with Gasteiger partial charge in [0.25, 0.3) is 0 Å². The van der Waals surface area contributed by atoms with Gasteiger partial charge in [-0.3, -0.25) is 0 Å². The van der Waals surface area contributed by atoms with Gasteiger partial charge in [0.15, 0.2) is 11.5 Å². The number of halogens is 4. The predicted molar refractivity (Wildman–Crippen MR) is 140 cm³/mol. The second-order valence-corrected chi connectivity index (χ2v) is 10.9. The van der Waals surface area contributed by atoms with Crippen LogP contribution in [-0.2, 0) is 9.84 Å². The Kier molecular flexibility index (Phi) is 7.26. The highest BCUT2D eigenvalue weighted by Gasteiger charge is 2.25. The van der Waals surface area contributed by atoms with Gasteiger partial charge in [0.1, 0.15) is 11.5 Å². The number of sulfone groups is 1. The summed E-state index contributed by atoms with van der Waals surface area (Å²) in [6, 6.07) is 18.1. The van der Waals surface area contributed by atoms with Gasteiger partial charge in [-0.1, -0.05) is 58.5 Å². The molecule has 35 heavy (non-hydrogen) atoms. The first-order chi connectivity index (χ1) is 16.5. The van der Waals surface area contributed by atoms with E-state index in [1.807, 2.05) is 0 Å². The van der Waals surface area contributed by atoms with Crippen molar-refractivity contribution < 1.29 is 17.9 Å². The van der Waals surface area contributed by atoms with E-state index in [-0.39, 0.29) is 41.4 Å². The van der Waals surface area contributed by atoms with E-state index < -0.39 is 9.84 Å². The SMILES string of the molecule is Nc1cccc(Oc2c(Cl)cc(S(=O)(=O)c3cc(Cl)c(Oc4cccc(N)c4)c(Cl)c3)cc2Cl)c1. The molecule has 0 saturated carbocycles. The maximum absolute atomic E-state index is 13.3. The molecule has 0 atom stereocenters. The summed E-state index contributed by atoms with van der Waals surface area (Å²) >= 11 is 25.3. The van der Waals surface area contributed by atoms with Gasteiger partial charge in [0.05, 0.1) is 29.9 Å². The molecule has 0 heterocycles. The third-order valence-corrected chi connectivity index (χ3v) is 7.56. The highest BCUT2D eigenvalue weighted by Crippen LogP contribution is 2.42. The van der Waals surface area contributed by atoms with E-state index >= 15 is 0 Å². The lowest BCUT2D eigenvalue weighted by atomic mass is 10.3. The van der Waals surface area contributed by atoms with E-state index in [2.05, 4.69) is 0 Å². The molecule has 0 aromatic heterocycles. The van der Waals surface area contributed by atoms with Gasteiger partial charge in [-0.15, -0.1) is 0 Å². The minimum absolute atomic E-state index is 0.0164. The molecule has 4 aromatic rings. The van der Waals surface area contributed by atoms with Gasteiger partial charge in [-0.2, -0.15) is 0 Å². The van der Waals surface area contributed by atoms with E-state index in [1.165, 1.54) is 24.3 Å². The van der Waals surface area contributed by atoms with E-state index in [0.717, 1.165) is 0 Å². The molecule has 0 fully saturated rings. The first kappa shape index (κ1) is 25.3. The zero-order chi connectivity index (χ0) is 25.3. The maximum atomic E-state index is 13.3. The van der Waals surface area contributed by atoms with Crippen LogP contribution in [0.15, 0.2) is 82.6 Å². The molecular formula is C24H16Cl4N2O4S. The van der Waals surface area contributed by atoms with Crippen LogP contribution in [0.5, 0.6) is 23.0 Å². The highest BCUT2D eigenvalue weighted by molar-refractivity contribution is 7.91. The lowest BCUT2D eigenvalue weighted by Crippen LogP contribution is -2.03. The second kappa shape index (κ2) is 10.0. The van der Waals surface area contributed by atoms with Crippen molar-refractivity contribution >= 4 is 67.6 Å². The quantitative estimate of drug-likeness (QED) is 0.229. The summed E-state index contributed by atoms with van der Waals surface area (Å²) in [6.07, 6.45) is 0. The molecule has 11 heteroatoms. The van der Waals surface area contributed by atoms with Crippen molar-refractivity contribution in [1.82, 2.24) is 0 Å². The van der Waals surface area contributed by atoms with E-state index in [9.17, 15) is 8.42 Å². The number of nitrogens with two attached hydrogens (primary N) is 2. The molecule has 0 bridgehead atoms. The van der Waals surface area contributed by atoms with Crippen molar-refractivity contribution in [3.05, 3.63) is 92.9 Å². The Labute approximate surface area is 221 Å². The molecule has 6 nitrogen and oxygen atoms in total. The van der Waals surface area contributed by atoms with Gasteiger partial charge >= 0.3 is 0 Å². The second-order valence-electron chi connectivity index (χ2n) is 7.28. The van der Waals surface area contributed by atoms with Crippen molar-refractivity contribution in [2.24, 2.45) is 0 Å². The maximum Gasteiger partial charge on any atom is 0.206 e. The summed E-state index contributed by atoms with van der Waals surface area (Å²) in [7, 11) is -4.11. The Hall–Kier alpha value is -2.81. The molecular weight excluding hydrogens is 554 g/mol. The van der Waals surface area contributed by atoms with Gasteiger partial charge in [-0.05, 0) is 48.5 Å². The molecule has 0 saturated heterocycles. The van der Waals surface area contributed by atoms with Crippen LogP contribution in [0, 0.1) is 0 Å². The monoisotopic (exact) mass is 568 g/mol. The normalized spacial score (nSPS) is 11.3. The lowest BCUT2D eigenvalue weighted by molar-refractivity contribution is 0.483. The van der Waals surface area contributed by atoms with Gasteiger partial charge < -0.3 is 20.9 Å². The Morgan fingerprint density at radius 1 is 0.571 bits per heavy atom. The fourth-order valence-corrected chi connectivity index (χ4v) is 5.86. The Balaban J connectivity index is 1.67. The largest absolute Gasteiger partial charge is 0.454 e. The topological polar surface area (TPSA) is 105 Å². The summed E-state index contributed by atoms with van der Waals surface area (Å²) in [5, 5.41) is -0.0655. The number of rotatable bonds is 6. The van der Waals surface area contributed by atoms with Gasteiger partial charge in [0, 0.05) is 23.5 Å². The molecule has 0 aliphatic rings. The highest BCUT2D eigenvalue weighted by atomic mass is 35.5. The lowest BCUT2D eigenvalue weighted by Gasteiger charge is -2.14. The molecule has 0 spiro atoms. The molecule has 0 radical (unpaired) electrons. The molecule has 0 unspecified atom stereocenters. The Morgan fingerprint density at radius 3 is 1.23 bits per heavy atom. The van der Waals surface area contributed by atoms with Crippen LogP contribution in [0.3, 0.4) is 0 Å². The fourth-order valence-electron chi connectivity index (χ4n) is 3.11. The molecule has 4 N–H and O–H groups in total. The summed E-state index contributed by atoms with van der Waals surface area (Å²) in [5.74, 6) is 0.942. The number of anilines is 2. The zero-order valence-electron chi connectivity index (χ0n) is 17.6. The minimum atomic E-state index is -4.11. The van der Waals surface area contributed by atoms with Crippen LogP contribution < -0.4 is 20.9 Å². The predicted octanol–water partition coefficient (Wildman–Crippen LogP) is 7.88. The number of hydrogen-bond donors (Lipinski definition) is 2. The summed E-state index contributed by atoms with van der Waals surface area (Å²) in [4.78, 5) is -0.354. The fraction of sp³-hybridized carbons (Fsp3) is 0. The Bertz CT molecular complexity index is 1390. The van der Waals surface area contributed by atoms with Gasteiger partial charge in [0.2, 0.25) is 9.84 Å². The van der Waals surface area contributed by atoms with E-state index in [0.29, 0.717) is 22.9 Å². The third-order valence-electron chi connectivity index (χ3n) is 4.72. The van der Waals surface area contributed by atoms with Crippen molar-refractivity contribution in [3.8, 4) is 23.0 Å². The van der Waals surface area contributed by atoms with Crippen molar-refractivity contribution in [2.75, 3.05) is 11.5 Å². The van der Waals surface area contributed by atoms with E-state index in [4.69, 9.17) is 67.3 Å². The van der Waals surface area contributed by atoms with Crippen LogP contribution >= 0.6 is 46.4 Å². The smallest absolute Gasteiger partial charge is 0.206 e. The molecule has 0 amide bonds. The first-order valence-electron chi connectivity index (χ1n) is 9.84. The number of benzene rings is 4. The summed E-state index contributed by atoms with van der Waals surface area (Å²) in [5.41, 5.74) is 12.5. The van der Waals surface area contributed by atoms with Crippen LogP contribution in [0.4, 0.5) is 11.4 Å². The number of nitrogen functional groups attached to an aromatic ring is 2. The van der Waals surface area contributed by atoms with Crippen LogP contribution in [-0.4, -0.2) is 8.42 Å². The van der Waals surface area contributed by atoms with Crippen LogP contribution in [0.2, 0.25) is 20.1 Å². The number of ether oxygens (including phenoxy) is 2. The van der Waals surface area contributed by atoms with Crippen LogP contribution in [0.1, 0.15) is 0 Å². The zero-order valence-corrected chi connectivity index (χ0v) is 21.5. The average Bonchev–Trinajstić information content (AvgIpc) is 2.78. The van der Waals surface area contributed by atoms with Crippen molar-refractivity contribution in [1.29, 1.82) is 0 Å². The summed E-state index contributed by atoms with van der Waals surface area (Å²) in [6.45, 7) is 0. The van der Waals surface area contributed by atoms with Crippen LogP contribution in [0.25, 0.3) is 0 Å². The van der Waals surface area contributed by atoms with E-state index in [1.54, 1.807) is 48.5 Å². The standard InChI is InChI=1S/C24H16Cl4N2O4S/c25-19-9-17(10-20(26)23(19)33-15-5-1-3-13(29)7-15)35(31,32)18-11-21(27)24(22(28)12-18)34-16-6-2-4-14(30)8-16/h1-12H,29-30H2. The third kappa shape index (κ3) is 5.55.